The molecule has 1 amide bonds. The number of amides is 1. The minimum Gasteiger partial charge on any atom is -0.486 e. The van der Waals surface area contributed by atoms with Gasteiger partial charge in [0.25, 0.3) is 0 Å². The van der Waals surface area contributed by atoms with Gasteiger partial charge in [0.15, 0.2) is 0 Å². The fourth-order valence-electron chi connectivity index (χ4n) is 4.28. The Morgan fingerprint density at radius 2 is 2.14 bits per heavy atom. The van der Waals surface area contributed by atoms with Crippen molar-refractivity contribution in [3.8, 4) is 5.75 Å². The number of nitrogens with one attached hydrogen (secondary N) is 2. The number of carbonyl (C=O) groups excluding carboxylic acids is 1. The number of aromatic nitrogens is 1. The van der Waals surface area contributed by atoms with E-state index in [0.717, 1.165) is 38.0 Å². The Hall–Kier alpha value is -1.53. The van der Waals surface area contributed by atoms with Gasteiger partial charge in [-0.3, -0.25) is 9.78 Å². The van der Waals surface area contributed by atoms with E-state index in [1.165, 1.54) is 6.42 Å². The Morgan fingerprint density at radius 1 is 1.28 bits per heavy atom. The largest absolute Gasteiger partial charge is 0.486 e. The van der Waals surface area contributed by atoms with Gasteiger partial charge < -0.3 is 15.4 Å². The zero-order chi connectivity index (χ0) is 18.7. The minimum atomic E-state index is -0.279. The van der Waals surface area contributed by atoms with Crippen molar-refractivity contribution in [3.05, 3.63) is 53.3 Å². The van der Waals surface area contributed by atoms with E-state index >= 15 is 0 Å². The first-order valence-electron chi connectivity index (χ1n) is 9.52. The highest BCUT2D eigenvalue weighted by Gasteiger charge is 2.49. The molecule has 1 aromatic heterocycles. The second-order valence-corrected chi connectivity index (χ2v) is 7.85. The molecular weight excluding hydrogens is 433 g/mol. The monoisotopic (exact) mass is 457 g/mol. The van der Waals surface area contributed by atoms with Crippen LogP contribution in [-0.4, -0.2) is 24.0 Å². The number of benzene rings is 1. The Balaban J connectivity index is 0.00000150. The SMILES string of the molecule is Cl.Cl.O=C(Nc1ccc(OCc2ccccn2)c(Cl)c1)[C@@]12CCCC[C@H]1CNC2. The lowest BCUT2D eigenvalue weighted by Crippen LogP contribution is -2.44. The number of rotatable bonds is 5. The highest BCUT2D eigenvalue weighted by Crippen LogP contribution is 2.44. The Kier molecular flexibility index (Phi) is 8.58. The van der Waals surface area contributed by atoms with E-state index in [4.69, 9.17) is 16.3 Å². The molecule has 2 atom stereocenters. The molecular formula is C21H26Cl3N3O2. The second kappa shape index (κ2) is 10.5. The zero-order valence-electron chi connectivity index (χ0n) is 16.0. The van der Waals surface area contributed by atoms with E-state index in [2.05, 4.69) is 15.6 Å². The zero-order valence-corrected chi connectivity index (χ0v) is 18.4. The molecule has 1 aliphatic carbocycles. The normalized spacial score (nSPS) is 22.6. The lowest BCUT2D eigenvalue weighted by atomic mass is 9.67. The molecule has 0 unspecified atom stereocenters. The first-order chi connectivity index (χ1) is 13.2. The summed E-state index contributed by atoms with van der Waals surface area (Å²) in [4.78, 5) is 17.3. The molecule has 2 aliphatic rings. The van der Waals surface area contributed by atoms with Gasteiger partial charge in [-0.05, 0) is 55.6 Å². The Morgan fingerprint density at radius 3 is 2.90 bits per heavy atom. The number of fused-ring (bicyclic) bond motifs is 1. The standard InChI is InChI=1S/C21H24ClN3O2.2ClH/c22-18-11-16(7-8-19(18)27-13-17-6-2-4-10-24-17)25-20(26)21-9-3-1-5-15(21)12-23-14-21;;/h2,4,6-8,10-11,15,23H,1,3,5,9,12-14H2,(H,25,26);2*1H/t15-,21+;;/m0../s1. The van der Waals surface area contributed by atoms with Gasteiger partial charge >= 0.3 is 0 Å². The second-order valence-electron chi connectivity index (χ2n) is 7.44. The highest BCUT2D eigenvalue weighted by molar-refractivity contribution is 6.32. The Bertz CT molecular complexity index is 822. The van der Waals surface area contributed by atoms with Gasteiger partial charge in [0.1, 0.15) is 12.4 Å². The van der Waals surface area contributed by atoms with Crippen molar-refractivity contribution < 1.29 is 9.53 Å². The number of nitrogens with zero attached hydrogens (tertiary/aromatic N) is 1. The van der Waals surface area contributed by atoms with Crippen molar-refractivity contribution in [2.45, 2.75) is 32.3 Å². The van der Waals surface area contributed by atoms with Crippen LogP contribution >= 0.6 is 36.4 Å². The lowest BCUT2D eigenvalue weighted by Gasteiger charge is -2.37. The number of anilines is 1. The third-order valence-corrected chi connectivity index (χ3v) is 6.08. The smallest absolute Gasteiger partial charge is 0.232 e. The van der Waals surface area contributed by atoms with Crippen molar-refractivity contribution in [3.63, 3.8) is 0 Å². The van der Waals surface area contributed by atoms with Crippen LogP contribution in [0.15, 0.2) is 42.6 Å². The van der Waals surface area contributed by atoms with Crippen molar-refractivity contribution in [1.82, 2.24) is 10.3 Å². The highest BCUT2D eigenvalue weighted by atomic mass is 35.5. The van der Waals surface area contributed by atoms with Crippen molar-refractivity contribution in [2.24, 2.45) is 11.3 Å². The van der Waals surface area contributed by atoms with E-state index in [1.807, 2.05) is 24.3 Å². The van der Waals surface area contributed by atoms with Gasteiger partial charge in [-0.15, -0.1) is 24.8 Å². The van der Waals surface area contributed by atoms with Crippen LogP contribution in [-0.2, 0) is 11.4 Å². The van der Waals surface area contributed by atoms with E-state index in [9.17, 15) is 4.79 Å². The third kappa shape index (κ3) is 5.15. The maximum absolute atomic E-state index is 13.0. The molecule has 8 heteroatoms. The molecule has 1 saturated carbocycles. The molecule has 2 N–H and O–H groups in total. The van der Waals surface area contributed by atoms with Crippen molar-refractivity contribution in [2.75, 3.05) is 18.4 Å². The molecule has 0 spiro atoms. The number of hydrogen-bond donors (Lipinski definition) is 2. The molecule has 158 valence electrons. The topological polar surface area (TPSA) is 63.2 Å². The number of ether oxygens (including phenoxy) is 1. The fourth-order valence-corrected chi connectivity index (χ4v) is 4.51. The summed E-state index contributed by atoms with van der Waals surface area (Å²) < 4.78 is 5.75. The molecule has 1 aliphatic heterocycles. The summed E-state index contributed by atoms with van der Waals surface area (Å²) in [6, 6.07) is 11.1. The quantitative estimate of drug-likeness (QED) is 0.670. The molecule has 5 nitrogen and oxygen atoms in total. The molecule has 2 aromatic rings. The van der Waals surface area contributed by atoms with Crippen LogP contribution in [0.2, 0.25) is 5.02 Å². The van der Waals surface area contributed by atoms with Gasteiger partial charge in [0.2, 0.25) is 5.91 Å². The molecule has 0 bridgehead atoms. The van der Waals surface area contributed by atoms with Crippen LogP contribution in [0, 0.1) is 11.3 Å². The molecule has 1 saturated heterocycles. The number of hydrogen-bond acceptors (Lipinski definition) is 4. The maximum atomic E-state index is 13.0. The summed E-state index contributed by atoms with van der Waals surface area (Å²) in [6.45, 7) is 2.06. The van der Waals surface area contributed by atoms with Gasteiger partial charge in [0.05, 0.1) is 16.1 Å². The molecule has 2 heterocycles. The van der Waals surface area contributed by atoms with E-state index in [0.29, 0.717) is 29.0 Å². The van der Waals surface area contributed by atoms with Crippen LogP contribution < -0.4 is 15.4 Å². The first-order valence-corrected chi connectivity index (χ1v) is 9.90. The minimum absolute atomic E-state index is 0. The van der Waals surface area contributed by atoms with Gasteiger partial charge in [0, 0.05) is 18.4 Å². The number of carbonyl (C=O) groups is 1. The molecule has 1 aromatic carbocycles. The number of halogens is 3. The van der Waals surface area contributed by atoms with Crippen LogP contribution in [0.25, 0.3) is 0 Å². The van der Waals surface area contributed by atoms with Crippen molar-refractivity contribution >= 4 is 48.0 Å². The van der Waals surface area contributed by atoms with E-state index in [1.54, 1.807) is 18.3 Å². The van der Waals surface area contributed by atoms with Crippen molar-refractivity contribution in [1.29, 1.82) is 0 Å². The fraction of sp³-hybridized carbons (Fsp3) is 0.429. The summed E-state index contributed by atoms with van der Waals surface area (Å²) in [6.07, 6.45) is 6.15. The third-order valence-electron chi connectivity index (χ3n) is 5.78. The predicted octanol–water partition coefficient (Wildman–Crippen LogP) is 4.88. The van der Waals surface area contributed by atoms with Crippen LogP contribution in [0.1, 0.15) is 31.4 Å². The summed E-state index contributed by atoms with van der Waals surface area (Å²) in [5.41, 5.74) is 1.27. The number of pyridine rings is 1. The summed E-state index contributed by atoms with van der Waals surface area (Å²) in [5.74, 6) is 1.12. The average molecular weight is 459 g/mol. The van der Waals surface area contributed by atoms with Gasteiger partial charge in [-0.2, -0.15) is 0 Å². The maximum Gasteiger partial charge on any atom is 0.232 e. The molecule has 4 rings (SSSR count). The van der Waals surface area contributed by atoms with Crippen LogP contribution in [0.3, 0.4) is 0 Å². The van der Waals surface area contributed by atoms with E-state index < -0.39 is 0 Å². The van der Waals surface area contributed by atoms with E-state index in [-0.39, 0.29) is 36.1 Å². The van der Waals surface area contributed by atoms with Crippen LogP contribution in [0.4, 0.5) is 5.69 Å². The Labute approximate surface area is 188 Å². The van der Waals surface area contributed by atoms with Gasteiger partial charge in [-0.1, -0.05) is 30.5 Å². The summed E-state index contributed by atoms with van der Waals surface area (Å²) in [5, 5.41) is 6.97. The van der Waals surface area contributed by atoms with Gasteiger partial charge in [-0.25, -0.2) is 0 Å². The first kappa shape index (κ1) is 23.7. The lowest BCUT2D eigenvalue weighted by molar-refractivity contribution is -0.128. The molecule has 2 fully saturated rings. The average Bonchev–Trinajstić information content (AvgIpc) is 3.13. The van der Waals surface area contributed by atoms with Crippen LogP contribution in [0.5, 0.6) is 5.75 Å². The summed E-state index contributed by atoms with van der Waals surface area (Å²) in [7, 11) is 0. The predicted molar refractivity (Wildman–Crippen MR) is 120 cm³/mol. The molecule has 0 radical (unpaired) electrons. The molecule has 29 heavy (non-hydrogen) atoms. The summed E-state index contributed by atoms with van der Waals surface area (Å²) >= 11 is 6.37.